The fraction of sp³-hybridized carbons (Fsp3) is 0.227. The number of hydrogen-bond donors (Lipinski definition) is 1. The van der Waals surface area contributed by atoms with E-state index in [1.165, 1.54) is 9.13 Å². The maximum absolute atomic E-state index is 12.1. The minimum atomic E-state index is -0.582. The van der Waals surface area contributed by atoms with Crippen molar-refractivity contribution in [1.82, 2.24) is 4.57 Å². The number of hydrogen-bond acceptors (Lipinski definition) is 5. The van der Waals surface area contributed by atoms with Crippen molar-refractivity contribution in [3.8, 4) is 0 Å². The van der Waals surface area contributed by atoms with Crippen molar-refractivity contribution in [2.24, 2.45) is 19.2 Å². The summed E-state index contributed by atoms with van der Waals surface area (Å²) in [5.41, 5.74) is 2.99. The highest BCUT2D eigenvalue weighted by molar-refractivity contribution is 6.06. The Kier molecular flexibility index (Phi) is 4.90. The second-order valence-electron chi connectivity index (χ2n) is 7.15. The van der Waals surface area contributed by atoms with Crippen molar-refractivity contribution in [2.45, 2.75) is 13.0 Å². The molecule has 2 aromatic carbocycles. The van der Waals surface area contributed by atoms with Crippen LogP contribution >= 0.6 is 0 Å². The third kappa shape index (κ3) is 3.64. The summed E-state index contributed by atoms with van der Waals surface area (Å²) >= 11 is 0. The number of fused-ring (bicyclic) bond motifs is 3. The zero-order valence-electron chi connectivity index (χ0n) is 16.6. The molecule has 0 aliphatic rings. The molecule has 4 aromatic rings. The monoisotopic (exact) mass is 391 g/mol. The normalized spacial score (nSPS) is 12.8. The van der Waals surface area contributed by atoms with Gasteiger partial charge in [-0.1, -0.05) is 18.2 Å². The second kappa shape index (κ2) is 7.52. The Bertz CT molecular complexity index is 1270. The largest absolute Gasteiger partial charge is 0.497 e. The lowest BCUT2D eigenvalue weighted by Crippen LogP contribution is -2.51. The average Bonchev–Trinajstić information content (AvgIpc) is 3.08. The zero-order chi connectivity index (χ0) is 20.5. The van der Waals surface area contributed by atoms with E-state index in [4.69, 9.17) is 4.42 Å². The fourth-order valence-electron chi connectivity index (χ4n) is 3.31. The number of anilines is 1. The molecule has 148 valence electrons. The summed E-state index contributed by atoms with van der Waals surface area (Å²) in [6, 6.07) is 15.5. The number of hydrazone groups is 1. The first kappa shape index (κ1) is 18.9. The molecule has 0 aliphatic heterocycles. The van der Waals surface area contributed by atoms with Gasteiger partial charge in [0, 0.05) is 16.8 Å². The lowest BCUT2D eigenvalue weighted by atomic mass is 10.1. The molecule has 0 fully saturated rings. The molecule has 0 bridgehead atoms. The van der Waals surface area contributed by atoms with Gasteiger partial charge in [0.15, 0.2) is 5.69 Å². The smallest absolute Gasteiger partial charge is 0.456 e. The Balaban J connectivity index is 1.76. The highest BCUT2D eigenvalue weighted by Crippen LogP contribution is 2.31. The van der Waals surface area contributed by atoms with Crippen LogP contribution in [0.1, 0.15) is 12.6 Å². The van der Waals surface area contributed by atoms with Gasteiger partial charge in [0.05, 0.1) is 44.8 Å². The number of aryl methyl sites for hydroxylation is 1. The average molecular weight is 391 g/mol. The summed E-state index contributed by atoms with van der Waals surface area (Å²) in [6.45, 7) is 2.03. The maximum atomic E-state index is 12.1. The number of nitrogens with zero attached hydrogens (tertiary/aromatic N) is 4. The Hall–Kier alpha value is -3.45. The molecule has 0 amide bonds. The molecule has 2 heterocycles. The number of rotatable bonds is 5. The standard InChI is InChI=1S/C22H23N4O3/c1-15(27)14-26(23-13-17-10-11-24(2)22(28)25(17)3)16-8-9-21-19(12-16)18-6-4-5-7-20(18)29-21/h4-13,15,27H,14H2,1-3H3/q+1. The van der Waals surface area contributed by atoms with Crippen molar-refractivity contribution in [3.05, 3.63) is 70.9 Å². The van der Waals surface area contributed by atoms with Gasteiger partial charge in [-0.05, 0) is 31.2 Å². The van der Waals surface area contributed by atoms with Crippen LogP contribution in [-0.2, 0) is 14.1 Å². The van der Waals surface area contributed by atoms with E-state index in [1.54, 1.807) is 38.4 Å². The van der Waals surface area contributed by atoms with Crippen LogP contribution in [-0.4, -0.2) is 28.5 Å². The number of aromatic nitrogens is 2. The molecule has 7 heteroatoms. The quantitative estimate of drug-likeness (QED) is 0.322. The van der Waals surface area contributed by atoms with Gasteiger partial charge in [0.25, 0.3) is 0 Å². The van der Waals surface area contributed by atoms with Crippen LogP contribution in [0.3, 0.4) is 0 Å². The van der Waals surface area contributed by atoms with Crippen LogP contribution in [0.25, 0.3) is 21.9 Å². The Morgan fingerprint density at radius 1 is 1.21 bits per heavy atom. The molecule has 1 atom stereocenters. The van der Waals surface area contributed by atoms with E-state index in [0.717, 1.165) is 27.6 Å². The lowest BCUT2D eigenvalue weighted by Gasteiger charge is -2.20. The predicted octanol–water partition coefficient (Wildman–Crippen LogP) is 2.33. The lowest BCUT2D eigenvalue weighted by molar-refractivity contribution is -0.690. The molecule has 0 saturated heterocycles. The molecule has 7 nitrogen and oxygen atoms in total. The highest BCUT2D eigenvalue weighted by Gasteiger charge is 2.14. The minimum Gasteiger partial charge on any atom is -0.456 e. The van der Waals surface area contributed by atoms with E-state index in [0.29, 0.717) is 12.2 Å². The van der Waals surface area contributed by atoms with E-state index in [-0.39, 0.29) is 5.69 Å². The molecular weight excluding hydrogens is 368 g/mol. The van der Waals surface area contributed by atoms with Crippen molar-refractivity contribution < 1.29 is 14.1 Å². The topological polar surface area (TPSA) is 74.8 Å². The molecule has 2 aromatic heterocycles. The highest BCUT2D eigenvalue weighted by atomic mass is 16.3. The molecule has 4 rings (SSSR count). The van der Waals surface area contributed by atoms with Crippen LogP contribution in [0.4, 0.5) is 5.69 Å². The van der Waals surface area contributed by atoms with E-state index < -0.39 is 6.10 Å². The van der Waals surface area contributed by atoms with Crippen LogP contribution in [0.2, 0.25) is 0 Å². The zero-order valence-corrected chi connectivity index (χ0v) is 16.6. The SMILES string of the molecule is CC(O)CN(N=Cc1cc[n+](C)c(=O)n1C)c1ccc2oc3ccccc3c2c1. The first-order valence-corrected chi connectivity index (χ1v) is 9.40. The third-order valence-electron chi connectivity index (χ3n) is 4.87. The molecule has 0 saturated carbocycles. The summed E-state index contributed by atoms with van der Waals surface area (Å²) in [4.78, 5) is 12.1. The first-order valence-electron chi connectivity index (χ1n) is 9.40. The van der Waals surface area contributed by atoms with Crippen LogP contribution in [0.5, 0.6) is 0 Å². The molecule has 1 N–H and O–H groups in total. The molecule has 29 heavy (non-hydrogen) atoms. The van der Waals surface area contributed by atoms with Gasteiger partial charge in [-0.2, -0.15) is 14.5 Å². The molecule has 0 aliphatic carbocycles. The van der Waals surface area contributed by atoms with Crippen molar-refractivity contribution >= 4 is 33.8 Å². The Morgan fingerprint density at radius 3 is 2.76 bits per heavy atom. The van der Waals surface area contributed by atoms with Crippen molar-refractivity contribution in [3.63, 3.8) is 0 Å². The summed E-state index contributed by atoms with van der Waals surface area (Å²) in [5, 5.41) is 18.3. The number of para-hydroxylation sites is 1. The predicted molar refractivity (Wildman–Crippen MR) is 113 cm³/mol. The molecule has 0 spiro atoms. The first-order chi connectivity index (χ1) is 13.9. The van der Waals surface area contributed by atoms with Gasteiger partial charge < -0.3 is 9.52 Å². The summed E-state index contributed by atoms with van der Waals surface area (Å²) in [6.07, 6.45) is 2.75. The number of aliphatic hydroxyl groups excluding tert-OH is 1. The summed E-state index contributed by atoms with van der Waals surface area (Å²) in [5.74, 6) is 0. The second-order valence-corrected chi connectivity index (χ2v) is 7.15. The van der Waals surface area contributed by atoms with Crippen LogP contribution < -0.4 is 15.3 Å². The Morgan fingerprint density at radius 2 is 1.97 bits per heavy atom. The molecular formula is C22H23N4O3+. The molecule has 0 radical (unpaired) electrons. The number of aliphatic hydroxyl groups is 1. The van der Waals surface area contributed by atoms with Gasteiger partial charge in [0.2, 0.25) is 0 Å². The Labute approximate surface area is 167 Å². The third-order valence-corrected chi connectivity index (χ3v) is 4.87. The number of benzene rings is 2. The van der Waals surface area contributed by atoms with E-state index in [9.17, 15) is 9.90 Å². The van der Waals surface area contributed by atoms with Crippen molar-refractivity contribution in [1.29, 1.82) is 0 Å². The summed E-state index contributed by atoms with van der Waals surface area (Å²) < 4.78 is 8.92. The fourth-order valence-corrected chi connectivity index (χ4v) is 3.31. The maximum Gasteiger partial charge on any atom is 0.497 e. The van der Waals surface area contributed by atoms with Crippen molar-refractivity contribution in [2.75, 3.05) is 11.6 Å². The minimum absolute atomic E-state index is 0.137. The van der Waals surface area contributed by atoms with Crippen LogP contribution in [0.15, 0.2) is 69.0 Å². The van der Waals surface area contributed by atoms with Gasteiger partial charge in [0.1, 0.15) is 11.2 Å². The van der Waals surface area contributed by atoms with Gasteiger partial charge in [-0.25, -0.2) is 4.57 Å². The van der Waals surface area contributed by atoms with Gasteiger partial charge in [-0.15, -0.1) is 0 Å². The molecule has 1 unspecified atom stereocenters. The van der Waals surface area contributed by atoms with Gasteiger partial charge >= 0.3 is 5.69 Å². The van der Waals surface area contributed by atoms with E-state index >= 15 is 0 Å². The summed E-state index contributed by atoms with van der Waals surface area (Å²) in [7, 11) is 3.40. The van der Waals surface area contributed by atoms with E-state index in [2.05, 4.69) is 5.10 Å². The van der Waals surface area contributed by atoms with Gasteiger partial charge in [-0.3, -0.25) is 5.01 Å². The van der Waals surface area contributed by atoms with Crippen LogP contribution in [0, 0.1) is 0 Å². The van der Waals surface area contributed by atoms with E-state index in [1.807, 2.05) is 48.5 Å². The number of furan rings is 1.